The first kappa shape index (κ1) is 21.6. The number of aryl methyl sites for hydroxylation is 1. The van der Waals surface area contributed by atoms with E-state index in [2.05, 4.69) is 0 Å². The number of halogens is 2. The van der Waals surface area contributed by atoms with E-state index in [1.54, 1.807) is 42.6 Å². The van der Waals surface area contributed by atoms with E-state index in [0.29, 0.717) is 12.1 Å². The molecule has 1 aromatic heterocycles. The smallest absolute Gasteiger partial charge is 0.267 e. The molecule has 5 nitrogen and oxygen atoms in total. The molecule has 28 heavy (non-hydrogen) atoms. The van der Waals surface area contributed by atoms with Gasteiger partial charge < -0.3 is 5.11 Å². The largest absolute Gasteiger partial charge is 0.383 e. The maximum Gasteiger partial charge on any atom is 0.267 e. The molecule has 2 rings (SSSR count). The van der Waals surface area contributed by atoms with Gasteiger partial charge in [-0.15, -0.1) is 0 Å². The zero-order chi connectivity index (χ0) is 20.9. The van der Waals surface area contributed by atoms with E-state index in [-0.39, 0.29) is 17.8 Å². The fourth-order valence-corrected chi connectivity index (χ4v) is 2.99. The minimum Gasteiger partial charge on any atom is -0.383 e. The number of aliphatic hydroxyl groups is 1. The molecule has 0 amide bonds. The molecule has 150 valence electrons. The van der Waals surface area contributed by atoms with Gasteiger partial charge in [0.1, 0.15) is 17.2 Å². The highest BCUT2D eigenvalue weighted by Crippen LogP contribution is 2.29. The van der Waals surface area contributed by atoms with Crippen molar-refractivity contribution in [1.29, 1.82) is 0 Å². The highest BCUT2D eigenvalue weighted by Gasteiger charge is 2.44. The van der Waals surface area contributed by atoms with Gasteiger partial charge in [0.15, 0.2) is 0 Å². The molecule has 0 saturated carbocycles. The molecule has 2 atom stereocenters. The normalized spacial score (nSPS) is 14.5. The Morgan fingerprint density at radius 2 is 1.79 bits per heavy atom. The average Bonchev–Trinajstić information content (AvgIpc) is 2.65. The summed E-state index contributed by atoms with van der Waals surface area (Å²) in [6, 6.07) is 11.9. The lowest BCUT2D eigenvalue weighted by Crippen LogP contribution is -2.46. The fraction of sp³-hybridized carbons (Fsp3) is 0.381. The SMILES string of the molecule is CC(=O)[C@@H](CC(=O)CCc1ccc(-n2ccccc2=O)cc1)C(C)(O)C(F)F. The standard InChI is InChI=1S/C21H23F2NO4/c1-14(25)18(21(2,28)20(22)23)13-17(26)11-8-15-6-9-16(10-7-15)24-12-4-3-5-19(24)27/h3-7,9-10,12,18,20,28H,8,11,13H2,1-2H3/t18-,21?/m1/s1. The van der Waals surface area contributed by atoms with Crippen LogP contribution in [0.15, 0.2) is 53.5 Å². The molecule has 0 aliphatic rings. The fourth-order valence-electron chi connectivity index (χ4n) is 2.99. The Morgan fingerprint density at radius 1 is 1.14 bits per heavy atom. The van der Waals surface area contributed by atoms with Gasteiger partial charge in [-0.3, -0.25) is 19.0 Å². The van der Waals surface area contributed by atoms with Crippen LogP contribution in [0.3, 0.4) is 0 Å². The van der Waals surface area contributed by atoms with Crippen LogP contribution >= 0.6 is 0 Å². The molecule has 0 fully saturated rings. The minimum absolute atomic E-state index is 0.0632. The second-order valence-electron chi connectivity index (χ2n) is 7.01. The maximum absolute atomic E-state index is 13.0. The highest BCUT2D eigenvalue weighted by atomic mass is 19.3. The molecular formula is C21H23F2NO4. The Kier molecular flexibility index (Phi) is 6.96. The van der Waals surface area contributed by atoms with E-state index in [0.717, 1.165) is 19.4 Å². The van der Waals surface area contributed by atoms with Crippen LogP contribution in [0.25, 0.3) is 5.69 Å². The number of alkyl halides is 2. The summed E-state index contributed by atoms with van der Waals surface area (Å²) in [5.41, 5.74) is -1.18. The van der Waals surface area contributed by atoms with Crippen LogP contribution in [0.2, 0.25) is 0 Å². The molecule has 1 N–H and O–H groups in total. The number of rotatable bonds is 9. The minimum atomic E-state index is -3.12. The summed E-state index contributed by atoms with van der Waals surface area (Å²) in [5, 5.41) is 9.87. The van der Waals surface area contributed by atoms with Crippen molar-refractivity contribution in [1.82, 2.24) is 4.57 Å². The molecule has 0 aliphatic carbocycles. The topological polar surface area (TPSA) is 76.4 Å². The number of Topliss-reactive ketones (excluding diaryl/α,β-unsaturated/α-hetero) is 2. The number of hydrogen-bond donors (Lipinski definition) is 1. The Balaban J connectivity index is 2.00. The first-order valence-electron chi connectivity index (χ1n) is 8.92. The molecule has 0 radical (unpaired) electrons. The van der Waals surface area contributed by atoms with Crippen LogP contribution in [0, 0.1) is 5.92 Å². The third kappa shape index (κ3) is 5.19. The number of pyridine rings is 1. The highest BCUT2D eigenvalue weighted by molar-refractivity contribution is 5.87. The maximum atomic E-state index is 13.0. The summed E-state index contributed by atoms with van der Waals surface area (Å²) in [6.07, 6.45) is -1.47. The van der Waals surface area contributed by atoms with Gasteiger partial charge in [-0.05, 0) is 44.0 Å². The number of benzene rings is 1. The average molecular weight is 391 g/mol. The summed E-state index contributed by atoms with van der Waals surface area (Å²) in [7, 11) is 0. The van der Waals surface area contributed by atoms with Gasteiger partial charge in [0.25, 0.3) is 12.0 Å². The summed E-state index contributed by atoms with van der Waals surface area (Å²) >= 11 is 0. The van der Waals surface area contributed by atoms with Crippen LogP contribution in [0.5, 0.6) is 0 Å². The Bertz CT molecular complexity index is 888. The van der Waals surface area contributed by atoms with Gasteiger partial charge in [-0.2, -0.15) is 0 Å². The Labute approximate surface area is 161 Å². The number of carbonyl (C=O) groups is 2. The molecule has 0 bridgehead atoms. The third-order valence-corrected chi connectivity index (χ3v) is 4.80. The number of hydrogen-bond acceptors (Lipinski definition) is 4. The monoisotopic (exact) mass is 391 g/mol. The van der Waals surface area contributed by atoms with Crippen molar-refractivity contribution < 1.29 is 23.5 Å². The van der Waals surface area contributed by atoms with E-state index in [4.69, 9.17) is 0 Å². The van der Waals surface area contributed by atoms with Crippen molar-refractivity contribution >= 4 is 11.6 Å². The lowest BCUT2D eigenvalue weighted by molar-refractivity contribution is -0.152. The van der Waals surface area contributed by atoms with Crippen molar-refractivity contribution in [2.24, 2.45) is 5.92 Å². The lowest BCUT2D eigenvalue weighted by atomic mass is 9.82. The van der Waals surface area contributed by atoms with E-state index < -0.39 is 30.1 Å². The van der Waals surface area contributed by atoms with Gasteiger partial charge in [-0.25, -0.2) is 8.78 Å². The predicted octanol–water partition coefficient (Wildman–Crippen LogP) is 2.95. The number of carbonyl (C=O) groups excluding carboxylic acids is 2. The van der Waals surface area contributed by atoms with Crippen LogP contribution in [0.4, 0.5) is 8.78 Å². The molecule has 1 unspecified atom stereocenters. The number of aromatic nitrogens is 1. The van der Waals surface area contributed by atoms with Crippen molar-refractivity contribution in [2.45, 2.75) is 45.1 Å². The number of nitrogens with zero attached hydrogens (tertiary/aromatic N) is 1. The Morgan fingerprint density at radius 3 is 2.32 bits per heavy atom. The quantitative estimate of drug-likeness (QED) is 0.713. The second-order valence-corrected chi connectivity index (χ2v) is 7.01. The summed E-state index contributed by atoms with van der Waals surface area (Å²) in [5.74, 6) is -2.45. The molecule has 7 heteroatoms. The summed E-state index contributed by atoms with van der Waals surface area (Å²) in [6.45, 7) is 1.97. The molecule has 0 aliphatic heterocycles. The van der Waals surface area contributed by atoms with Gasteiger partial charge in [0.05, 0.1) is 5.92 Å². The zero-order valence-corrected chi connectivity index (χ0v) is 15.8. The van der Waals surface area contributed by atoms with Gasteiger partial charge >= 0.3 is 0 Å². The van der Waals surface area contributed by atoms with E-state index >= 15 is 0 Å². The number of ketones is 2. The zero-order valence-electron chi connectivity index (χ0n) is 15.8. The van der Waals surface area contributed by atoms with Crippen molar-refractivity contribution in [3.8, 4) is 5.69 Å². The van der Waals surface area contributed by atoms with Crippen molar-refractivity contribution in [2.75, 3.05) is 0 Å². The summed E-state index contributed by atoms with van der Waals surface area (Å²) in [4.78, 5) is 35.6. The second kappa shape index (κ2) is 9.01. The van der Waals surface area contributed by atoms with Crippen LogP contribution in [-0.4, -0.2) is 33.3 Å². The molecule has 0 saturated heterocycles. The molecule has 1 heterocycles. The third-order valence-electron chi connectivity index (χ3n) is 4.80. The predicted molar refractivity (Wildman–Crippen MR) is 101 cm³/mol. The first-order valence-corrected chi connectivity index (χ1v) is 8.92. The van der Waals surface area contributed by atoms with Crippen molar-refractivity contribution in [3.05, 3.63) is 64.6 Å². The van der Waals surface area contributed by atoms with Gasteiger partial charge in [0, 0.05) is 30.8 Å². The summed E-state index contributed by atoms with van der Waals surface area (Å²) < 4.78 is 27.5. The van der Waals surface area contributed by atoms with Crippen LogP contribution in [0.1, 0.15) is 32.3 Å². The van der Waals surface area contributed by atoms with E-state index in [9.17, 15) is 28.3 Å². The molecule has 2 aromatic rings. The van der Waals surface area contributed by atoms with Crippen LogP contribution in [-0.2, 0) is 16.0 Å². The Hall–Kier alpha value is -2.67. The van der Waals surface area contributed by atoms with Gasteiger partial charge in [-0.1, -0.05) is 18.2 Å². The molecular weight excluding hydrogens is 368 g/mol. The molecule has 1 aromatic carbocycles. The van der Waals surface area contributed by atoms with E-state index in [1.807, 2.05) is 0 Å². The molecule has 0 spiro atoms. The first-order chi connectivity index (χ1) is 13.1. The van der Waals surface area contributed by atoms with Crippen LogP contribution < -0.4 is 5.56 Å². The van der Waals surface area contributed by atoms with Gasteiger partial charge in [0.2, 0.25) is 0 Å². The lowest BCUT2D eigenvalue weighted by Gasteiger charge is -2.29. The van der Waals surface area contributed by atoms with E-state index in [1.165, 1.54) is 10.6 Å². The van der Waals surface area contributed by atoms with Crippen molar-refractivity contribution in [3.63, 3.8) is 0 Å².